The van der Waals surface area contributed by atoms with Gasteiger partial charge in [-0.15, -0.1) is 24.0 Å². The van der Waals surface area contributed by atoms with Crippen molar-refractivity contribution in [2.24, 2.45) is 4.99 Å². The number of aliphatic imine (C=N–C) groups is 1. The zero-order valence-corrected chi connectivity index (χ0v) is 20.3. The number of piperidine rings is 1. The SMILES string of the molecule is COCCNC(=NCc1ccc(CN2CCCCC2)cc1)NCCc1ccco1.I. The largest absolute Gasteiger partial charge is 0.469 e. The van der Waals surface area contributed by atoms with Crippen LogP contribution in [-0.2, 0) is 24.2 Å². The van der Waals surface area contributed by atoms with Gasteiger partial charge < -0.3 is 19.8 Å². The van der Waals surface area contributed by atoms with E-state index in [0.29, 0.717) is 13.2 Å². The fourth-order valence-electron chi connectivity index (χ4n) is 3.50. The highest BCUT2D eigenvalue weighted by Gasteiger charge is 2.10. The lowest BCUT2D eigenvalue weighted by molar-refractivity contribution is 0.203. The van der Waals surface area contributed by atoms with E-state index in [1.807, 2.05) is 12.1 Å². The Balaban J connectivity index is 0.00000320. The van der Waals surface area contributed by atoms with Gasteiger partial charge in [0.25, 0.3) is 0 Å². The number of rotatable bonds is 10. The zero-order chi connectivity index (χ0) is 20.2. The third kappa shape index (κ3) is 9.06. The van der Waals surface area contributed by atoms with Crippen LogP contribution in [0.15, 0.2) is 52.1 Å². The van der Waals surface area contributed by atoms with Gasteiger partial charge in [0.05, 0.1) is 19.4 Å². The van der Waals surface area contributed by atoms with E-state index in [-0.39, 0.29) is 24.0 Å². The molecule has 1 fully saturated rings. The molecule has 2 heterocycles. The van der Waals surface area contributed by atoms with Gasteiger partial charge in [-0.3, -0.25) is 4.90 Å². The first kappa shape index (κ1) is 24.7. The number of furan rings is 1. The maximum Gasteiger partial charge on any atom is 0.191 e. The lowest BCUT2D eigenvalue weighted by atomic mass is 10.1. The van der Waals surface area contributed by atoms with Gasteiger partial charge in [0.15, 0.2) is 5.96 Å². The van der Waals surface area contributed by atoms with Crippen molar-refractivity contribution in [1.29, 1.82) is 0 Å². The van der Waals surface area contributed by atoms with Gasteiger partial charge in [-0.25, -0.2) is 4.99 Å². The van der Waals surface area contributed by atoms with Gasteiger partial charge >= 0.3 is 0 Å². The van der Waals surface area contributed by atoms with Crippen LogP contribution in [0.3, 0.4) is 0 Å². The van der Waals surface area contributed by atoms with E-state index in [1.165, 1.54) is 43.5 Å². The van der Waals surface area contributed by atoms with Gasteiger partial charge in [-0.2, -0.15) is 0 Å². The molecule has 2 aromatic rings. The summed E-state index contributed by atoms with van der Waals surface area (Å²) in [5.41, 5.74) is 2.60. The zero-order valence-electron chi connectivity index (χ0n) is 17.9. The fraction of sp³-hybridized carbons (Fsp3) is 0.522. The lowest BCUT2D eigenvalue weighted by Crippen LogP contribution is -2.40. The number of guanidine groups is 1. The van der Waals surface area contributed by atoms with E-state index < -0.39 is 0 Å². The van der Waals surface area contributed by atoms with Crippen LogP contribution in [0.4, 0.5) is 0 Å². The molecule has 0 spiro atoms. The van der Waals surface area contributed by atoms with Crippen molar-refractivity contribution in [1.82, 2.24) is 15.5 Å². The van der Waals surface area contributed by atoms with Crippen LogP contribution in [0.1, 0.15) is 36.1 Å². The Hall–Kier alpha value is -1.58. The fourth-order valence-corrected chi connectivity index (χ4v) is 3.50. The Kier molecular flexibility index (Phi) is 11.9. The van der Waals surface area contributed by atoms with E-state index >= 15 is 0 Å². The molecule has 0 atom stereocenters. The molecular formula is C23H35IN4O2. The van der Waals surface area contributed by atoms with E-state index in [4.69, 9.17) is 14.1 Å². The highest BCUT2D eigenvalue weighted by Crippen LogP contribution is 2.14. The molecule has 30 heavy (non-hydrogen) atoms. The van der Waals surface area contributed by atoms with Crippen molar-refractivity contribution in [2.45, 2.75) is 38.8 Å². The smallest absolute Gasteiger partial charge is 0.191 e. The summed E-state index contributed by atoms with van der Waals surface area (Å²) in [5, 5.41) is 6.68. The summed E-state index contributed by atoms with van der Waals surface area (Å²) in [7, 11) is 1.70. The highest BCUT2D eigenvalue weighted by atomic mass is 127. The molecule has 0 aliphatic carbocycles. The van der Waals surface area contributed by atoms with Crippen LogP contribution in [-0.4, -0.2) is 50.8 Å². The molecule has 166 valence electrons. The molecule has 6 nitrogen and oxygen atoms in total. The number of benzene rings is 1. The number of hydrogen-bond acceptors (Lipinski definition) is 4. The second-order valence-corrected chi connectivity index (χ2v) is 7.49. The maximum atomic E-state index is 5.38. The molecule has 1 aromatic carbocycles. The topological polar surface area (TPSA) is 62.0 Å². The normalized spacial score (nSPS) is 14.9. The Bertz CT molecular complexity index is 713. The molecule has 0 saturated carbocycles. The van der Waals surface area contributed by atoms with Gasteiger partial charge in [-0.05, 0) is 49.2 Å². The van der Waals surface area contributed by atoms with Crippen molar-refractivity contribution >= 4 is 29.9 Å². The first-order valence-electron chi connectivity index (χ1n) is 10.7. The van der Waals surface area contributed by atoms with Crippen LogP contribution in [0, 0.1) is 0 Å². The van der Waals surface area contributed by atoms with Gasteiger partial charge in [-0.1, -0.05) is 30.7 Å². The number of likely N-dealkylation sites (tertiary alicyclic amines) is 1. The molecule has 0 amide bonds. The van der Waals surface area contributed by atoms with Crippen LogP contribution in [0.5, 0.6) is 0 Å². The number of nitrogens with zero attached hydrogens (tertiary/aromatic N) is 2. The monoisotopic (exact) mass is 526 g/mol. The summed E-state index contributed by atoms with van der Waals surface area (Å²) in [4.78, 5) is 7.28. The molecule has 1 aliphatic rings. The van der Waals surface area contributed by atoms with Crippen LogP contribution in [0.25, 0.3) is 0 Å². The first-order chi connectivity index (χ1) is 14.3. The Morgan fingerprint density at radius 3 is 2.47 bits per heavy atom. The van der Waals surface area contributed by atoms with Crippen LogP contribution < -0.4 is 10.6 Å². The molecule has 1 aromatic heterocycles. The van der Waals surface area contributed by atoms with Crippen molar-refractivity contribution in [2.75, 3.05) is 39.9 Å². The first-order valence-corrected chi connectivity index (χ1v) is 10.7. The third-order valence-corrected chi connectivity index (χ3v) is 5.14. The Morgan fingerprint density at radius 1 is 1.03 bits per heavy atom. The highest BCUT2D eigenvalue weighted by molar-refractivity contribution is 14.0. The standard InChI is InChI=1S/C23H34N4O2.HI/c1-28-17-13-25-23(24-12-11-22-6-5-16-29-22)26-18-20-7-9-21(10-8-20)19-27-14-3-2-4-15-27;/h5-10,16H,2-4,11-15,17-19H2,1H3,(H2,24,25,26);1H. The molecule has 7 heteroatoms. The predicted molar refractivity (Wildman–Crippen MR) is 132 cm³/mol. The van der Waals surface area contributed by atoms with E-state index in [2.05, 4.69) is 39.8 Å². The van der Waals surface area contributed by atoms with Crippen molar-refractivity contribution in [3.8, 4) is 0 Å². The molecular weight excluding hydrogens is 491 g/mol. The van der Waals surface area contributed by atoms with E-state index in [9.17, 15) is 0 Å². The number of ether oxygens (including phenoxy) is 1. The summed E-state index contributed by atoms with van der Waals surface area (Å²) < 4.78 is 10.5. The molecule has 1 aliphatic heterocycles. The summed E-state index contributed by atoms with van der Waals surface area (Å²) in [5.74, 6) is 1.77. The van der Waals surface area contributed by atoms with Crippen molar-refractivity contribution in [3.05, 3.63) is 59.5 Å². The maximum absolute atomic E-state index is 5.38. The number of methoxy groups -OCH3 is 1. The molecule has 0 unspecified atom stereocenters. The predicted octanol–water partition coefficient (Wildman–Crippen LogP) is 3.81. The molecule has 0 radical (unpaired) electrons. The number of nitrogens with one attached hydrogen (secondary N) is 2. The average molecular weight is 526 g/mol. The number of hydrogen-bond donors (Lipinski definition) is 2. The third-order valence-electron chi connectivity index (χ3n) is 5.14. The van der Waals surface area contributed by atoms with Crippen LogP contribution >= 0.6 is 24.0 Å². The minimum Gasteiger partial charge on any atom is -0.469 e. The van der Waals surface area contributed by atoms with Crippen molar-refractivity contribution in [3.63, 3.8) is 0 Å². The van der Waals surface area contributed by atoms with E-state index in [1.54, 1.807) is 13.4 Å². The minimum atomic E-state index is 0. The van der Waals surface area contributed by atoms with Gasteiger partial charge in [0.1, 0.15) is 5.76 Å². The molecule has 2 N–H and O–H groups in total. The van der Waals surface area contributed by atoms with Gasteiger partial charge in [0.2, 0.25) is 0 Å². The minimum absolute atomic E-state index is 0. The summed E-state index contributed by atoms with van der Waals surface area (Å²) in [6.07, 6.45) is 6.57. The van der Waals surface area contributed by atoms with Gasteiger partial charge in [0, 0.05) is 33.2 Å². The second kappa shape index (κ2) is 14.4. The van der Waals surface area contributed by atoms with E-state index in [0.717, 1.165) is 37.8 Å². The summed E-state index contributed by atoms with van der Waals surface area (Å²) >= 11 is 0. The summed E-state index contributed by atoms with van der Waals surface area (Å²) in [6.45, 7) is 6.29. The number of halogens is 1. The van der Waals surface area contributed by atoms with Crippen molar-refractivity contribution < 1.29 is 9.15 Å². The van der Waals surface area contributed by atoms with Crippen LogP contribution in [0.2, 0.25) is 0 Å². The Labute approximate surface area is 197 Å². The quantitative estimate of drug-likeness (QED) is 0.214. The summed E-state index contributed by atoms with van der Waals surface area (Å²) in [6, 6.07) is 12.8. The molecule has 1 saturated heterocycles. The molecule has 0 bridgehead atoms. The Morgan fingerprint density at radius 2 is 1.77 bits per heavy atom. The lowest BCUT2D eigenvalue weighted by Gasteiger charge is -2.26. The second-order valence-electron chi connectivity index (χ2n) is 7.49. The molecule has 3 rings (SSSR count). The average Bonchev–Trinajstić information content (AvgIpc) is 3.27.